The summed E-state index contributed by atoms with van der Waals surface area (Å²) in [7, 11) is 1.51. The number of hydrogen-bond acceptors (Lipinski definition) is 4. The summed E-state index contributed by atoms with van der Waals surface area (Å²) in [5.74, 6) is 0.511. The molecule has 2 rings (SSSR count). The van der Waals surface area contributed by atoms with Gasteiger partial charge in [0.05, 0.1) is 23.7 Å². The summed E-state index contributed by atoms with van der Waals surface area (Å²) in [6.45, 7) is 0.334. The zero-order chi connectivity index (χ0) is 14.7. The second kappa shape index (κ2) is 5.80. The number of rotatable bonds is 3. The fraction of sp³-hybridized carbons (Fsp3) is 0.143. The van der Waals surface area contributed by atoms with Gasteiger partial charge in [0.2, 0.25) is 0 Å². The van der Waals surface area contributed by atoms with E-state index in [9.17, 15) is 4.79 Å². The molecule has 0 aliphatic carbocycles. The molecule has 0 atom stereocenters. The molecular weight excluding hydrogens is 322 g/mol. The SMILES string of the molecule is COc1ccc(Cn2cc(N)cc(Br)c2=O)cc1C#N. The summed E-state index contributed by atoms with van der Waals surface area (Å²) in [5, 5.41) is 9.06. The Morgan fingerprint density at radius 3 is 2.85 bits per heavy atom. The lowest BCUT2D eigenvalue weighted by Gasteiger charge is -2.09. The molecule has 0 aliphatic rings. The van der Waals surface area contributed by atoms with Gasteiger partial charge >= 0.3 is 0 Å². The van der Waals surface area contributed by atoms with Gasteiger partial charge in [0.1, 0.15) is 11.8 Å². The van der Waals surface area contributed by atoms with E-state index in [1.165, 1.54) is 11.7 Å². The smallest absolute Gasteiger partial charge is 0.265 e. The van der Waals surface area contributed by atoms with Crippen LogP contribution in [0.3, 0.4) is 0 Å². The van der Waals surface area contributed by atoms with Gasteiger partial charge in [0.25, 0.3) is 5.56 Å². The summed E-state index contributed by atoms with van der Waals surface area (Å²) in [6.07, 6.45) is 1.57. The van der Waals surface area contributed by atoms with Crippen LogP contribution >= 0.6 is 15.9 Å². The van der Waals surface area contributed by atoms with Crippen molar-refractivity contribution < 1.29 is 4.74 Å². The highest BCUT2D eigenvalue weighted by atomic mass is 79.9. The number of nitriles is 1. The van der Waals surface area contributed by atoms with Crippen molar-refractivity contribution in [1.29, 1.82) is 5.26 Å². The molecule has 102 valence electrons. The highest BCUT2D eigenvalue weighted by Gasteiger charge is 2.07. The summed E-state index contributed by atoms with van der Waals surface area (Å²) in [6, 6.07) is 8.84. The van der Waals surface area contributed by atoms with Gasteiger partial charge in [-0.2, -0.15) is 5.26 Å². The first-order valence-electron chi connectivity index (χ1n) is 5.77. The quantitative estimate of drug-likeness (QED) is 0.932. The van der Waals surface area contributed by atoms with Crippen LogP contribution in [-0.2, 0) is 6.54 Å². The number of aromatic nitrogens is 1. The Bertz CT molecular complexity index is 747. The minimum absolute atomic E-state index is 0.173. The van der Waals surface area contributed by atoms with Crippen molar-refractivity contribution in [2.45, 2.75) is 6.54 Å². The Morgan fingerprint density at radius 2 is 2.20 bits per heavy atom. The third-order valence-electron chi connectivity index (χ3n) is 2.80. The Kier molecular flexibility index (Phi) is 4.11. The summed E-state index contributed by atoms with van der Waals surface area (Å²) >= 11 is 3.18. The number of nitrogen functional groups attached to an aromatic ring is 1. The average Bonchev–Trinajstić information content (AvgIpc) is 2.44. The van der Waals surface area contributed by atoms with Crippen molar-refractivity contribution in [3.63, 3.8) is 0 Å². The third-order valence-corrected chi connectivity index (χ3v) is 3.37. The van der Waals surface area contributed by atoms with Crippen LogP contribution in [0.4, 0.5) is 5.69 Å². The Morgan fingerprint density at radius 1 is 1.45 bits per heavy atom. The van der Waals surface area contributed by atoms with E-state index in [4.69, 9.17) is 15.7 Å². The van der Waals surface area contributed by atoms with Gasteiger partial charge in [-0.1, -0.05) is 6.07 Å². The van der Waals surface area contributed by atoms with Gasteiger partial charge in [-0.25, -0.2) is 0 Å². The monoisotopic (exact) mass is 333 g/mol. The van der Waals surface area contributed by atoms with Crippen molar-refractivity contribution in [1.82, 2.24) is 4.57 Å². The number of nitrogens with zero attached hydrogens (tertiary/aromatic N) is 2. The van der Waals surface area contributed by atoms with Gasteiger partial charge in [0, 0.05) is 11.9 Å². The number of nitrogens with two attached hydrogens (primary N) is 1. The topological polar surface area (TPSA) is 81.0 Å². The van der Waals surface area contributed by atoms with Crippen LogP contribution in [0.15, 0.2) is 39.7 Å². The summed E-state index contributed by atoms with van der Waals surface area (Å²) in [4.78, 5) is 12.0. The number of anilines is 1. The highest BCUT2D eigenvalue weighted by molar-refractivity contribution is 9.10. The van der Waals surface area contributed by atoms with Gasteiger partial charge in [-0.3, -0.25) is 4.79 Å². The van der Waals surface area contributed by atoms with E-state index in [0.29, 0.717) is 28.0 Å². The van der Waals surface area contributed by atoms with Crippen molar-refractivity contribution >= 4 is 21.6 Å². The molecule has 0 aliphatic heterocycles. The number of benzene rings is 1. The molecule has 0 fully saturated rings. The maximum Gasteiger partial charge on any atom is 0.265 e. The maximum atomic E-state index is 12.0. The standard InChI is InChI=1S/C14H12BrN3O2/c1-20-13-3-2-9(4-10(13)6-16)7-18-8-11(17)5-12(15)14(18)19/h2-5,8H,7,17H2,1H3. The molecule has 2 aromatic rings. The van der Waals surface area contributed by atoms with Gasteiger partial charge in [-0.05, 0) is 39.7 Å². The summed E-state index contributed by atoms with van der Waals surface area (Å²) < 4.78 is 6.98. The first-order chi connectivity index (χ1) is 9.55. The molecule has 2 N–H and O–H groups in total. The zero-order valence-electron chi connectivity index (χ0n) is 10.8. The van der Waals surface area contributed by atoms with Crippen LogP contribution in [-0.4, -0.2) is 11.7 Å². The van der Waals surface area contributed by atoms with E-state index in [1.54, 1.807) is 24.4 Å². The van der Waals surface area contributed by atoms with Crippen LogP contribution in [0, 0.1) is 11.3 Å². The zero-order valence-corrected chi connectivity index (χ0v) is 12.3. The van der Waals surface area contributed by atoms with Crippen molar-refractivity contribution in [2.24, 2.45) is 0 Å². The second-order valence-electron chi connectivity index (χ2n) is 4.20. The second-order valence-corrected chi connectivity index (χ2v) is 5.06. The Balaban J connectivity index is 2.41. The van der Waals surface area contributed by atoms with Gasteiger partial charge in [0.15, 0.2) is 0 Å². The third kappa shape index (κ3) is 2.83. The van der Waals surface area contributed by atoms with Crippen molar-refractivity contribution in [2.75, 3.05) is 12.8 Å². The highest BCUT2D eigenvalue weighted by Crippen LogP contribution is 2.19. The first-order valence-corrected chi connectivity index (χ1v) is 6.57. The largest absolute Gasteiger partial charge is 0.495 e. The number of ether oxygens (including phenoxy) is 1. The molecule has 1 aromatic carbocycles. The van der Waals surface area contributed by atoms with Crippen molar-refractivity contribution in [3.05, 3.63) is 56.4 Å². The molecule has 0 unspecified atom stereocenters. The molecule has 0 radical (unpaired) electrons. The van der Waals surface area contributed by atoms with E-state index in [0.717, 1.165) is 5.56 Å². The molecule has 0 spiro atoms. The van der Waals surface area contributed by atoms with Crippen LogP contribution in [0.25, 0.3) is 0 Å². The number of pyridine rings is 1. The van der Waals surface area contributed by atoms with E-state index >= 15 is 0 Å². The van der Waals surface area contributed by atoms with E-state index < -0.39 is 0 Å². The molecule has 0 bridgehead atoms. The van der Waals surface area contributed by atoms with Gasteiger partial charge < -0.3 is 15.0 Å². The molecule has 0 amide bonds. The summed E-state index contributed by atoms with van der Waals surface area (Å²) in [5.41, 5.74) is 7.29. The number of hydrogen-bond donors (Lipinski definition) is 1. The Hall–Kier alpha value is -2.26. The predicted molar refractivity (Wildman–Crippen MR) is 79.6 cm³/mol. The maximum absolute atomic E-state index is 12.0. The average molecular weight is 334 g/mol. The normalized spacial score (nSPS) is 10.1. The molecular formula is C14H12BrN3O2. The fourth-order valence-corrected chi connectivity index (χ4v) is 2.37. The first kappa shape index (κ1) is 14.2. The van der Waals surface area contributed by atoms with Crippen LogP contribution < -0.4 is 16.0 Å². The Labute approximate surface area is 124 Å². The molecule has 0 saturated carbocycles. The molecule has 20 heavy (non-hydrogen) atoms. The number of methoxy groups -OCH3 is 1. The number of halogens is 1. The molecule has 6 heteroatoms. The lowest BCUT2D eigenvalue weighted by atomic mass is 10.1. The van der Waals surface area contributed by atoms with Crippen LogP contribution in [0.1, 0.15) is 11.1 Å². The van der Waals surface area contributed by atoms with Crippen molar-refractivity contribution in [3.8, 4) is 11.8 Å². The van der Waals surface area contributed by atoms with E-state index in [1.807, 2.05) is 6.07 Å². The minimum Gasteiger partial charge on any atom is -0.495 e. The van der Waals surface area contributed by atoms with Crippen LogP contribution in [0.2, 0.25) is 0 Å². The minimum atomic E-state index is -0.173. The fourth-order valence-electron chi connectivity index (χ4n) is 1.88. The molecule has 0 saturated heterocycles. The predicted octanol–water partition coefficient (Wildman–Crippen LogP) is 2.12. The lowest BCUT2D eigenvalue weighted by molar-refractivity contribution is 0.413. The lowest BCUT2D eigenvalue weighted by Crippen LogP contribution is -2.21. The molecule has 1 aromatic heterocycles. The molecule has 1 heterocycles. The van der Waals surface area contributed by atoms with Gasteiger partial charge in [-0.15, -0.1) is 0 Å². The van der Waals surface area contributed by atoms with E-state index in [-0.39, 0.29) is 5.56 Å². The van der Waals surface area contributed by atoms with E-state index in [2.05, 4.69) is 22.0 Å². The van der Waals surface area contributed by atoms with Crippen LogP contribution in [0.5, 0.6) is 5.75 Å². The molecule has 5 nitrogen and oxygen atoms in total.